The van der Waals surface area contributed by atoms with E-state index in [9.17, 15) is 0 Å². The maximum atomic E-state index is 5.72. The Morgan fingerprint density at radius 1 is 0.944 bits per heavy atom. The summed E-state index contributed by atoms with van der Waals surface area (Å²) in [5, 5.41) is 0. The van der Waals surface area contributed by atoms with Crippen molar-refractivity contribution >= 4 is 17.5 Å². The fourth-order valence-corrected chi connectivity index (χ4v) is 8.06. The summed E-state index contributed by atoms with van der Waals surface area (Å²) >= 11 is 0. The Balaban J connectivity index is 2.84. The monoisotopic (exact) mass is 295 g/mol. The van der Waals surface area contributed by atoms with E-state index in [1.807, 2.05) is 0 Å². The van der Waals surface area contributed by atoms with Crippen LogP contribution in [0.25, 0.3) is 0 Å². The maximum Gasteiger partial charge on any atom is 0.514 e. The molecule has 1 saturated heterocycles. The van der Waals surface area contributed by atoms with Crippen molar-refractivity contribution in [3.8, 4) is 0 Å². The van der Waals surface area contributed by atoms with Gasteiger partial charge in [0.2, 0.25) is 0 Å². The highest BCUT2D eigenvalue weighted by Crippen LogP contribution is 2.27. The van der Waals surface area contributed by atoms with E-state index in [-0.39, 0.29) is 0 Å². The van der Waals surface area contributed by atoms with Crippen LogP contribution in [0.15, 0.2) is 0 Å². The molecule has 108 valence electrons. The SMILES string of the molecule is CO[Si](CN1CCCC[Si]1(OC)OC)(OC)OC. The standard InChI is InChI=1S/C10H25NO5Si2/c1-12-17(13-2)9-7-6-8-11(17)10-18(14-3,15-4)16-5/h6-10H2,1-5H3. The van der Waals surface area contributed by atoms with E-state index in [1.165, 1.54) is 0 Å². The van der Waals surface area contributed by atoms with Crippen LogP contribution in [0.1, 0.15) is 12.8 Å². The molecule has 1 rings (SSSR count). The fourth-order valence-electron chi connectivity index (χ4n) is 2.40. The molecule has 1 aliphatic rings. The van der Waals surface area contributed by atoms with E-state index in [0.29, 0.717) is 6.17 Å². The summed E-state index contributed by atoms with van der Waals surface area (Å²) in [6, 6.07) is 0.974. The molecule has 18 heavy (non-hydrogen) atoms. The molecule has 0 bridgehead atoms. The van der Waals surface area contributed by atoms with Gasteiger partial charge in [0, 0.05) is 41.6 Å². The van der Waals surface area contributed by atoms with E-state index in [4.69, 9.17) is 22.1 Å². The molecule has 0 atom stereocenters. The summed E-state index contributed by atoms with van der Waals surface area (Å²) in [4.78, 5) is 0. The van der Waals surface area contributed by atoms with E-state index in [1.54, 1.807) is 35.5 Å². The lowest BCUT2D eigenvalue weighted by molar-refractivity contribution is 0.0935. The minimum atomic E-state index is -2.63. The average Bonchev–Trinajstić information content (AvgIpc) is 2.45. The zero-order valence-corrected chi connectivity index (χ0v) is 14.0. The van der Waals surface area contributed by atoms with Crippen molar-refractivity contribution in [2.24, 2.45) is 0 Å². The van der Waals surface area contributed by atoms with Crippen LogP contribution >= 0.6 is 0 Å². The molecular weight excluding hydrogens is 270 g/mol. The Kier molecular flexibility index (Phi) is 6.41. The van der Waals surface area contributed by atoms with Crippen LogP contribution < -0.4 is 0 Å². The third-order valence-corrected chi connectivity index (χ3v) is 10.2. The molecule has 8 heteroatoms. The third kappa shape index (κ3) is 3.20. The molecule has 1 heterocycles. The Bertz CT molecular complexity index is 240. The molecule has 1 fully saturated rings. The molecular formula is C10H25NO5Si2. The van der Waals surface area contributed by atoms with E-state index in [2.05, 4.69) is 4.57 Å². The van der Waals surface area contributed by atoms with Crippen molar-refractivity contribution < 1.29 is 22.1 Å². The summed E-state index contributed by atoms with van der Waals surface area (Å²) in [6.45, 7) is 0.943. The summed E-state index contributed by atoms with van der Waals surface area (Å²) in [6.07, 6.45) is 2.90. The van der Waals surface area contributed by atoms with Crippen LogP contribution in [-0.4, -0.2) is 70.4 Å². The van der Waals surface area contributed by atoms with Crippen LogP contribution in [0.4, 0.5) is 0 Å². The number of nitrogens with zero attached hydrogens (tertiary/aromatic N) is 1. The summed E-state index contributed by atoms with van der Waals surface area (Å²) in [5.74, 6) is 0. The normalized spacial score (nSPS) is 21.2. The molecule has 0 amide bonds. The summed E-state index contributed by atoms with van der Waals surface area (Å²) in [7, 11) is 3.43. The van der Waals surface area contributed by atoms with E-state index in [0.717, 1.165) is 25.4 Å². The first-order chi connectivity index (χ1) is 8.62. The molecule has 0 aliphatic carbocycles. The molecule has 1 aliphatic heterocycles. The second kappa shape index (κ2) is 7.10. The largest absolute Gasteiger partial charge is 0.514 e. The predicted octanol–water partition coefficient (Wildman–Crippen LogP) is 0.731. The highest BCUT2D eigenvalue weighted by molar-refractivity contribution is 6.68. The van der Waals surface area contributed by atoms with Crippen LogP contribution in [0.5, 0.6) is 0 Å². The quantitative estimate of drug-likeness (QED) is 0.646. The van der Waals surface area contributed by atoms with Gasteiger partial charge in [-0.15, -0.1) is 0 Å². The van der Waals surface area contributed by atoms with Crippen molar-refractivity contribution in [1.29, 1.82) is 0 Å². The van der Waals surface area contributed by atoms with Crippen molar-refractivity contribution in [2.45, 2.75) is 18.9 Å². The highest BCUT2D eigenvalue weighted by atomic mass is 28.4. The molecule has 0 aromatic heterocycles. The van der Waals surface area contributed by atoms with Crippen molar-refractivity contribution in [2.75, 3.05) is 48.3 Å². The topological polar surface area (TPSA) is 49.4 Å². The number of hydrogen-bond donors (Lipinski definition) is 0. The lowest BCUT2D eigenvalue weighted by Gasteiger charge is -2.43. The second-order valence-electron chi connectivity index (χ2n) is 4.29. The van der Waals surface area contributed by atoms with Crippen molar-refractivity contribution in [1.82, 2.24) is 4.57 Å². The van der Waals surface area contributed by atoms with Gasteiger partial charge in [-0.2, -0.15) is 0 Å². The van der Waals surface area contributed by atoms with Crippen molar-refractivity contribution in [3.05, 3.63) is 0 Å². The number of rotatable bonds is 7. The molecule has 0 radical (unpaired) electrons. The Labute approximate surface area is 112 Å². The molecule has 0 saturated carbocycles. The Morgan fingerprint density at radius 3 is 1.94 bits per heavy atom. The summed E-state index contributed by atoms with van der Waals surface area (Å²) < 4.78 is 30.1. The van der Waals surface area contributed by atoms with Gasteiger partial charge in [-0.1, -0.05) is 0 Å². The van der Waals surface area contributed by atoms with Gasteiger partial charge in [0.05, 0.1) is 6.17 Å². The van der Waals surface area contributed by atoms with Crippen LogP contribution in [0.2, 0.25) is 6.04 Å². The molecule has 0 unspecified atom stereocenters. The fraction of sp³-hybridized carbons (Fsp3) is 1.00. The lowest BCUT2D eigenvalue weighted by Crippen LogP contribution is -2.66. The Morgan fingerprint density at radius 2 is 1.50 bits per heavy atom. The smallest absolute Gasteiger partial charge is 0.386 e. The maximum absolute atomic E-state index is 5.72. The first kappa shape index (κ1) is 16.2. The lowest BCUT2D eigenvalue weighted by atomic mass is 10.3. The molecule has 6 nitrogen and oxygen atoms in total. The number of hydrogen-bond acceptors (Lipinski definition) is 6. The van der Waals surface area contributed by atoms with Gasteiger partial charge in [-0.3, -0.25) is 4.57 Å². The van der Waals surface area contributed by atoms with Gasteiger partial charge in [0.25, 0.3) is 0 Å². The third-order valence-electron chi connectivity index (χ3n) is 3.61. The molecule has 0 aromatic rings. The van der Waals surface area contributed by atoms with Gasteiger partial charge < -0.3 is 22.1 Å². The minimum Gasteiger partial charge on any atom is -0.386 e. The Hall–Kier alpha value is 0.194. The zero-order valence-electron chi connectivity index (χ0n) is 12.0. The van der Waals surface area contributed by atoms with Crippen molar-refractivity contribution in [3.63, 3.8) is 0 Å². The second-order valence-corrected chi connectivity index (χ2v) is 10.6. The zero-order chi connectivity index (χ0) is 13.6. The molecule has 0 aromatic carbocycles. The van der Waals surface area contributed by atoms with Gasteiger partial charge >= 0.3 is 17.5 Å². The van der Waals surface area contributed by atoms with E-state index >= 15 is 0 Å². The summed E-state index contributed by atoms with van der Waals surface area (Å²) in [5.41, 5.74) is 0. The van der Waals surface area contributed by atoms with Crippen LogP contribution in [-0.2, 0) is 22.1 Å². The van der Waals surface area contributed by atoms with Crippen LogP contribution in [0.3, 0.4) is 0 Å². The first-order valence-corrected chi connectivity index (χ1v) is 10.0. The van der Waals surface area contributed by atoms with Gasteiger partial charge in [-0.05, 0) is 19.4 Å². The van der Waals surface area contributed by atoms with Crippen LogP contribution in [0, 0.1) is 0 Å². The molecule has 0 spiro atoms. The van der Waals surface area contributed by atoms with Gasteiger partial charge in [0.15, 0.2) is 0 Å². The molecule has 0 N–H and O–H groups in total. The van der Waals surface area contributed by atoms with E-state index < -0.39 is 17.5 Å². The van der Waals surface area contributed by atoms with Gasteiger partial charge in [-0.25, -0.2) is 0 Å². The minimum absolute atomic E-state index is 0.615. The van der Waals surface area contributed by atoms with Gasteiger partial charge in [0.1, 0.15) is 0 Å². The average molecular weight is 295 g/mol. The highest BCUT2D eigenvalue weighted by Gasteiger charge is 2.51. The predicted molar refractivity (Wildman–Crippen MR) is 72.2 cm³/mol. The first-order valence-electron chi connectivity index (χ1n) is 6.13.